The minimum absolute atomic E-state index is 0.0130. The average molecular weight is 435 g/mol. The summed E-state index contributed by atoms with van der Waals surface area (Å²) < 4.78 is 41.4. The standard InChI is InChI=1S/C22H27FN2O4S/c1-22(24-21(27)10-8-16-7-9-20(26)19(23)15-16)13-11-18(12-14-22)30(28,29)25-17-5-3-2-4-6-17/h7-13,15,17,25-26H,2-6,14H2,1H3,(H,24,27). The zero-order valence-electron chi connectivity index (χ0n) is 16.9. The van der Waals surface area contributed by atoms with Crippen LogP contribution in [0.5, 0.6) is 5.75 Å². The number of hydrogen-bond donors (Lipinski definition) is 3. The minimum atomic E-state index is -3.57. The number of amides is 1. The van der Waals surface area contributed by atoms with E-state index < -0.39 is 33.0 Å². The highest BCUT2D eigenvalue weighted by Crippen LogP contribution is 2.25. The molecule has 1 atom stereocenters. The number of aromatic hydroxyl groups is 1. The molecule has 0 spiro atoms. The molecule has 1 aromatic rings. The molecule has 3 N–H and O–H groups in total. The van der Waals surface area contributed by atoms with Crippen molar-refractivity contribution in [2.24, 2.45) is 0 Å². The molecule has 0 aliphatic heterocycles. The highest BCUT2D eigenvalue weighted by atomic mass is 32.2. The van der Waals surface area contributed by atoms with Crippen molar-refractivity contribution >= 4 is 22.0 Å². The summed E-state index contributed by atoms with van der Waals surface area (Å²) in [7, 11) is -3.57. The Morgan fingerprint density at radius 2 is 2.00 bits per heavy atom. The van der Waals surface area contributed by atoms with E-state index in [1.807, 2.05) is 0 Å². The van der Waals surface area contributed by atoms with Gasteiger partial charge in [0.05, 0.1) is 10.4 Å². The highest BCUT2D eigenvalue weighted by Gasteiger charge is 2.29. The number of benzene rings is 1. The predicted molar refractivity (Wildman–Crippen MR) is 114 cm³/mol. The van der Waals surface area contributed by atoms with Crippen LogP contribution < -0.4 is 10.0 Å². The first-order valence-electron chi connectivity index (χ1n) is 10.1. The summed E-state index contributed by atoms with van der Waals surface area (Å²) in [6.07, 6.45) is 12.8. The van der Waals surface area contributed by atoms with Gasteiger partial charge in [-0.3, -0.25) is 4.79 Å². The summed E-state index contributed by atoms with van der Waals surface area (Å²) in [4.78, 5) is 12.5. The van der Waals surface area contributed by atoms with Crippen LogP contribution in [-0.2, 0) is 14.8 Å². The number of carbonyl (C=O) groups excluding carboxylic acids is 1. The average Bonchev–Trinajstić information content (AvgIpc) is 2.69. The molecule has 2 aliphatic rings. The van der Waals surface area contributed by atoms with Gasteiger partial charge in [0.2, 0.25) is 15.9 Å². The Labute approximate surface area is 176 Å². The Bertz CT molecular complexity index is 994. The number of nitrogens with one attached hydrogen (secondary N) is 2. The monoisotopic (exact) mass is 434 g/mol. The van der Waals surface area contributed by atoms with E-state index in [2.05, 4.69) is 10.0 Å². The van der Waals surface area contributed by atoms with Gasteiger partial charge in [-0.05, 0) is 56.0 Å². The lowest BCUT2D eigenvalue weighted by molar-refractivity contribution is -0.117. The molecule has 8 heteroatoms. The fourth-order valence-corrected chi connectivity index (χ4v) is 5.00. The van der Waals surface area contributed by atoms with E-state index in [-0.39, 0.29) is 10.9 Å². The van der Waals surface area contributed by atoms with Gasteiger partial charge in [0, 0.05) is 12.1 Å². The summed E-state index contributed by atoms with van der Waals surface area (Å²) >= 11 is 0. The molecule has 2 aliphatic carbocycles. The number of rotatable bonds is 6. The van der Waals surface area contributed by atoms with Crippen LogP contribution in [0.2, 0.25) is 0 Å². The lowest BCUT2D eigenvalue weighted by Gasteiger charge is -2.29. The lowest BCUT2D eigenvalue weighted by Crippen LogP contribution is -2.45. The van der Waals surface area contributed by atoms with E-state index in [0.29, 0.717) is 12.0 Å². The quantitative estimate of drug-likeness (QED) is 0.597. The van der Waals surface area contributed by atoms with Gasteiger partial charge in [-0.25, -0.2) is 17.5 Å². The molecule has 0 saturated heterocycles. The van der Waals surface area contributed by atoms with Crippen LogP contribution in [0, 0.1) is 5.82 Å². The Kier molecular flexibility index (Phi) is 6.77. The van der Waals surface area contributed by atoms with Crippen LogP contribution in [0.3, 0.4) is 0 Å². The molecule has 1 unspecified atom stereocenters. The molecule has 1 saturated carbocycles. The third kappa shape index (κ3) is 5.79. The summed E-state index contributed by atoms with van der Waals surface area (Å²) in [6.45, 7) is 1.80. The van der Waals surface area contributed by atoms with E-state index in [0.717, 1.165) is 38.2 Å². The van der Waals surface area contributed by atoms with Crippen molar-refractivity contribution in [2.45, 2.75) is 57.0 Å². The SMILES string of the molecule is CC1(NC(=O)C=Cc2ccc(O)c(F)c2)C=CC(S(=O)(=O)NC2CCCCC2)=CC1. The van der Waals surface area contributed by atoms with Gasteiger partial charge in [0.15, 0.2) is 11.6 Å². The number of halogens is 1. The largest absolute Gasteiger partial charge is 0.505 e. The Morgan fingerprint density at radius 1 is 1.27 bits per heavy atom. The number of phenols is 1. The highest BCUT2D eigenvalue weighted by molar-refractivity contribution is 7.93. The molecule has 1 amide bonds. The minimum Gasteiger partial charge on any atom is -0.505 e. The summed E-state index contributed by atoms with van der Waals surface area (Å²) in [5.41, 5.74) is -0.294. The van der Waals surface area contributed by atoms with Crippen molar-refractivity contribution in [3.8, 4) is 5.75 Å². The predicted octanol–water partition coefficient (Wildman–Crippen LogP) is 3.52. The fraction of sp³-hybridized carbons (Fsp3) is 0.409. The normalized spacial score (nSPS) is 22.8. The lowest BCUT2D eigenvalue weighted by atomic mass is 9.93. The molecule has 0 bridgehead atoms. The second kappa shape index (κ2) is 9.14. The summed E-state index contributed by atoms with van der Waals surface area (Å²) in [5, 5.41) is 12.0. The summed E-state index contributed by atoms with van der Waals surface area (Å²) in [6, 6.07) is 3.82. The first-order valence-corrected chi connectivity index (χ1v) is 11.6. The molecule has 1 aromatic carbocycles. The zero-order valence-corrected chi connectivity index (χ0v) is 17.7. The van der Waals surface area contributed by atoms with Crippen molar-refractivity contribution < 1.29 is 22.7 Å². The van der Waals surface area contributed by atoms with Crippen LogP contribution in [0.1, 0.15) is 51.0 Å². The van der Waals surface area contributed by atoms with Gasteiger partial charge >= 0.3 is 0 Å². The number of hydrogen-bond acceptors (Lipinski definition) is 4. The topological polar surface area (TPSA) is 95.5 Å². The van der Waals surface area contributed by atoms with Crippen LogP contribution >= 0.6 is 0 Å². The van der Waals surface area contributed by atoms with Gasteiger partial charge in [0.25, 0.3) is 0 Å². The molecule has 1 fully saturated rings. The first-order chi connectivity index (χ1) is 14.2. The number of phenolic OH excluding ortho intramolecular Hbond substituents is 1. The summed E-state index contributed by atoms with van der Waals surface area (Å²) in [5.74, 6) is -1.61. The van der Waals surface area contributed by atoms with E-state index in [1.165, 1.54) is 30.4 Å². The second-order valence-electron chi connectivity index (χ2n) is 8.05. The van der Waals surface area contributed by atoms with Gasteiger partial charge in [-0.15, -0.1) is 0 Å². The van der Waals surface area contributed by atoms with Gasteiger partial charge < -0.3 is 10.4 Å². The van der Waals surface area contributed by atoms with Crippen molar-refractivity contribution in [3.63, 3.8) is 0 Å². The molecular formula is C22H27FN2O4S. The van der Waals surface area contributed by atoms with E-state index in [4.69, 9.17) is 0 Å². The maximum absolute atomic E-state index is 13.4. The van der Waals surface area contributed by atoms with Crippen LogP contribution in [-0.4, -0.2) is 31.0 Å². The number of sulfonamides is 1. The van der Waals surface area contributed by atoms with Crippen molar-refractivity contribution in [1.29, 1.82) is 0 Å². The van der Waals surface area contributed by atoms with Gasteiger partial charge in [0.1, 0.15) is 0 Å². The molecule has 0 aromatic heterocycles. The molecular weight excluding hydrogens is 407 g/mol. The molecule has 162 valence electrons. The van der Waals surface area contributed by atoms with E-state index >= 15 is 0 Å². The van der Waals surface area contributed by atoms with Gasteiger partial charge in [-0.2, -0.15) is 0 Å². The van der Waals surface area contributed by atoms with Crippen LogP contribution in [0.15, 0.2) is 47.4 Å². The van der Waals surface area contributed by atoms with Gasteiger partial charge in [-0.1, -0.05) is 37.5 Å². The third-order valence-electron chi connectivity index (χ3n) is 5.39. The Hall–Kier alpha value is -2.45. The molecule has 0 heterocycles. The van der Waals surface area contributed by atoms with Crippen molar-refractivity contribution in [2.75, 3.05) is 0 Å². The van der Waals surface area contributed by atoms with Crippen molar-refractivity contribution in [1.82, 2.24) is 10.0 Å². The van der Waals surface area contributed by atoms with Crippen LogP contribution in [0.25, 0.3) is 6.08 Å². The smallest absolute Gasteiger partial charge is 0.244 e. The maximum Gasteiger partial charge on any atom is 0.244 e. The number of allylic oxidation sites excluding steroid dienone is 1. The van der Waals surface area contributed by atoms with E-state index in [9.17, 15) is 22.7 Å². The van der Waals surface area contributed by atoms with E-state index in [1.54, 1.807) is 19.1 Å². The van der Waals surface area contributed by atoms with Crippen molar-refractivity contribution in [3.05, 3.63) is 58.8 Å². The molecule has 0 radical (unpaired) electrons. The Balaban J connectivity index is 1.58. The molecule has 3 rings (SSSR count). The first kappa shape index (κ1) is 22.2. The third-order valence-corrected chi connectivity index (χ3v) is 6.95. The van der Waals surface area contributed by atoms with Crippen LogP contribution in [0.4, 0.5) is 4.39 Å². The zero-order chi connectivity index (χ0) is 21.8. The second-order valence-corrected chi connectivity index (χ2v) is 9.77. The maximum atomic E-state index is 13.4. The number of carbonyl (C=O) groups is 1. The Morgan fingerprint density at radius 3 is 2.63 bits per heavy atom. The fourth-order valence-electron chi connectivity index (χ4n) is 3.64. The molecule has 30 heavy (non-hydrogen) atoms. The molecule has 6 nitrogen and oxygen atoms in total.